The maximum absolute atomic E-state index is 4.14. The van der Waals surface area contributed by atoms with E-state index >= 15 is 0 Å². The van der Waals surface area contributed by atoms with Gasteiger partial charge in [-0.25, -0.2) is 9.97 Å². The van der Waals surface area contributed by atoms with Gasteiger partial charge in [0.1, 0.15) is 6.33 Å². The van der Waals surface area contributed by atoms with Crippen molar-refractivity contribution in [2.75, 3.05) is 6.26 Å². The Kier molecular flexibility index (Phi) is 1.54. The first-order valence-electron chi connectivity index (χ1n) is 3.23. The van der Waals surface area contributed by atoms with Crippen LogP contribution in [0.1, 0.15) is 0 Å². The highest BCUT2D eigenvalue weighted by molar-refractivity contribution is 7.97. The van der Waals surface area contributed by atoms with Crippen LogP contribution in [-0.2, 0) is 0 Å². The molecule has 0 saturated carbocycles. The predicted octanol–water partition coefficient (Wildman–Crippen LogP) is 1.56. The van der Waals surface area contributed by atoms with Gasteiger partial charge in [-0.3, -0.25) is 3.97 Å². The van der Waals surface area contributed by atoms with Crippen molar-refractivity contribution in [1.82, 2.24) is 13.9 Å². The Hall–Kier alpha value is -1.03. The highest BCUT2D eigenvalue weighted by atomic mass is 32.2. The van der Waals surface area contributed by atoms with Crippen molar-refractivity contribution in [3.63, 3.8) is 0 Å². The largest absolute Gasteiger partial charge is 0.275 e. The third-order valence-electron chi connectivity index (χ3n) is 1.51. The molecule has 2 aromatic heterocycles. The molecule has 0 saturated heterocycles. The first kappa shape index (κ1) is 6.67. The lowest BCUT2D eigenvalue weighted by molar-refractivity contribution is 1.18. The molecule has 0 aromatic carbocycles. The molecule has 0 aliphatic heterocycles. The number of aromatic nitrogens is 3. The molecule has 4 heteroatoms. The van der Waals surface area contributed by atoms with E-state index in [9.17, 15) is 0 Å². The zero-order valence-electron chi connectivity index (χ0n) is 6.06. The zero-order valence-corrected chi connectivity index (χ0v) is 6.88. The second-order valence-corrected chi connectivity index (χ2v) is 2.88. The lowest BCUT2D eigenvalue weighted by Gasteiger charge is -1.95. The number of hydrogen-bond donors (Lipinski definition) is 0. The lowest BCUT2D eigenvalue weighted by atomic mass is 10.4. The van der Waals surface area contributed by atoms with E-state index in [1.165, 1.54) is 0 Å². The molecule has 2 rings (SSSR count). The molecular weight excluding hydrogens is 158 g/mol. The van der Waals surface area contributed by atoms with E-state index in [0.29, 0.717) is 0 Å². The third-order valence-corrected chi connectivity index (χ3v) is 2.20. The molecule has 0 spiro atoms. The minimum atomic E-state index is 0.979. The van der Waals surface area contributed by atoms with E-state index in [1.54, 1.807) is 18.3 Å². The molecule has 56 valence electrons. The van der Waals surface area contributed by atoms with Gasteiger partial charge >= 0.3 is 0 Å². The van der Waals surface area contributed by atoms with Gasteiger partial charge in [-0.2, -0.15) is 0 Å². The van der Waals surface area contributed by atoms with E-state index in [1.807, 2.05) is 28.7 Å². The minimum absolute atomic E-state index is 0.979. The Balaban J connectivity index is 2.76. The Morgan fingerprint density at radius 2 is 2.45 bits per heavy atom. The number of fused-ring (bicyclic) bond motifs is 1. The summed E-state index contributed by atoms with van der Waals surface area (Å²) in [7, 11) is 0. The smallest absolute Gasteiger partial charge is 0.153 e. The molecule has 0 aliphatic rings. The van der Waals surface area contributed by atoms with Crippen molar-refractivity contribution < 1.29 is 0 Å². The summed E-state index contributed by atoms with van der Waals surface area (Å²) in [6.45, 7) is 0. The van der Waals surface area contributed by atoms with Gasteiger partial charge in [0, 0.05) is 24.0 Å². The lowest BCUT2D eigenvalue weighted by Crippen LogP contribution is -1.85. The minimum Gasteiger partial charge on any atom is -0.275 e. The van der Waals surface area contributed by atoms with Crippen LogP contribution in [-0.4, -0.2) is 20.2 Å². The van der Waals surface area contributed by atoms with Crippen LogP contribution in [0.5, 0.6) is 0 Å². The molecule has 0 fully saturated rings. The summed E-state index contributed by atoms with van der Waals surface area (Å²) in [4.78, 5) is 8.07. The maximum Gasteiger partial charge on any atom is 0.153 e. The molecule has 2 aromatic rings. The van der Waals surface area contributed by atoms with Crippen LogP contribution in [0.25, 0.3) is 11.0 Å². The summed E-state index contributed by atoms with van der Waals surface area (Å²) in [5.74, 6) is 0. The van der Waals surface area contributed by atoms with Gasteiger partial charge in [-0.15, -0.1) is 0 Å². The van der Waals surface area contributed by atoms with Crippen molar-refractivity contribution in [2.24, 2.45) is 0 Å². The molecule has 0 radical (unpaired) electrons. The molecule has 0 atom stereocenters. The standard InChI is InChI=1S/C7H7N3S/c1-11-10-3-2-6-4-8-5-9-7(6)10/h2-5H,1H3. The molecule has 0 amide bonds. The monoisotopic (exact) mass is 165 g/mol. The third kappa shape index (κ3) is 0.991. The van der Waals surface area contributed by atoms with Gasteiger partial charge in [0.25, 0.3) is 0 Å². The maximum atomic E-state index is 4.14. The summed E-state index contributed by atoms with van der Waals surface area (Å²) >= 11 is 1.63. The summed E-state index contributed by atoms with van der Waals surface area (Å²) < 4.78 is 2.01. The fraction of sp³-hybridized carbons (Fsp3) is 0.143. The van der Waals surface area contributed by atoms with Gasteiger partial charge < -0.3 is 0 Å². The average molecular weight is 165 g/mol. The quantitative estimate of drug-likeness (QED) is 0.642. The van der Waals surface area contributed by atoms with E-state index < -0.39 is 0 Å². The number of hydrogen-bond acceptors (Lipinski definition) is 3. The predicted molar refractivity (Wildman–Crippen MR) is 46.4 cm³/mol. The van der Waals surface area contributed by atoms with Crippen molar-refractivity contribution in [1.29, 1.82) is 0 Å². The van der Waals surface area contributed by atoms with Crippen LogP contribution in [0.15, 0.2) is 24.8 Å². The van der Waals surface area contributed by atoms with Gasteiger partial charge in [-0.1, -0.05) is 0 Å². The fourth-order valence-corrected chi connectivity index (χ4v) is 1.51. The van der Waals surface area contributed by atoms with E-state index in [4.69, 9.17) is 0 Å². The van der Waals surface area contributed by atoms with Crippen molar-refractivity contribution in [3.05, 3.63) is 24.8 Å². The van der Waals surface area contributed by atoms with E-state index in [2.05, 4.69) is 9.97 Å². The van der Waals surface area contributed by atoms with Crippen molar-refractivity contribution >= 4 is 23.0 Å². The molecule has 0 N–H and O–H groups in total. The Labute approximate surface area is 68.6 Å². The molecule has 0 unspecified atom stereocenters. The first-order chi connectivity index (χ1) is 5.42. The average Bonchev–Trinajstić information content (AvgIpc) is 2.47. The Bertz CT molecular complexity index is 368. The summed E-state index contributed by atoms with van der Waals surface area (Å²) in [5, 5.41) is 1.09. The first-order valence-corrected chi connectivity index (χ1v) is 4.41. The second kappa shape index (κ2) is 2.54. The topological polar surface area (TPSA) is 30.7 Å². The van der Waals surface area contributed by atoms with Crippen LogP contribution in [0.2, 0.25) is 0 Å². The molecule has 3 nitrogen and oxygen atoms in total. The molecular formula is C7H7N3S. The number of nitrogens with zero attached hydrogens (tertiary/aromatic N) is 3. The molecule has 11 heavy (non-hydrogen) atoms. The Morgan fingerprint density at radius 1 is 1.55 bits per heavy atom. The molecule has 0 aliphatic carbocycles. The number of rotatable bonds is 1. The van der Waals surface area contributed by atoms with Gasteiger partial charge in [0.05, 0.1) is 0 Å². The normalized spacial score (nSPS) is 10.6. The summed E-state index contributed by atoms with van der Waals surface area (Å²) in [6.07, 6.45) is 7.38. The van der Waals surface area contributed by atoms with Crippen molar-refractivity contribution in [2.45, 2.75) is 0 Å². The Morgan fingerprint density at radius 3 is 3.27 bits per heavy atom. The van der Waals surface area contributed by atoms with Crippen LogP contribution >= 0.6 is 11.9 Å². The van der Waals surface area contributed by atoms with Gasteiger partial charge in [0.15, 0.2) is 5.65 Å². The SMILES string of the molecule is CSn1ccc2cncnc21. The summed E-state index contributed by atoms with van der Waals surface area (Å²) in [5.41, 5.74) is 0.979. The molecule has 0 bridgehead atoms. The van der Waals surface area contributed by atoms with Crippen LogP contribution in [0.4, 0.5) is 0 Å². The van der Waals surface area contributed by atoms with Crippen LogP contribution in [0.3, 0.4) is 0 Å². The van der Waals surface area contributed by atoms with Crippen LogP contribution < -0.4 is 0 Å². The molecule has 2 heterocycles. The van der Waals surface area contributed by atoms with Crippen molar-refractivity contribution in [3.8, 4) is 0 Å². The van der Waals surface area contributed by atoms with Gasteiger partial charge in [0.2, 0.25) is 0 Å². The van der Waals surface area contributed by atoms with Crippen LogP contribution in [0, 0.1) is 0 Å². The summed E-state index contributed by atoms with van der Waals surface area (Å²) in [6, 6.07) is 2.01. The van der Waals surface area contributed by atoms with E-state index in [0.717, 1.165) is 11.0 Å². The fourth-order valence-electron chi connectivity index (χ4n) is 1.00. The zero-order chi connectivity index (χ0) is 7.68. The van der Waals surface area contributed by atoms with E-state index in [-0.39, 0.29) is 0 Å². The highest BCUT2D eigenvalue weighted by Crippen LogP contribution is 2.14. The van der Waals surface area contributed by atoms with Gasteiger partial charge in [-0.05, 0) is 18.0 Å². The highest BCUT2D eigenvalue weighted by Gasteiger charge is 1.98. The second-order valence-electron chi connectivity index (χ2n) is 2.13.